The van der Waals surface area contributed by atoms with Crippen molar-refractivity contribution in [3.8, 4) is 0 Å². The van der Waals surface area contributed by atoms with Gasteiger partial charge in [0.2, 0.25) is 0 Å². The molecule has 0 fully saturated rings. The van der Waals surface area contributed by atoms with Crippen LogP contribution in [-0.2, 0) is 12.2 Å². The first-order valence-electron chi connectivity index (χ1n) is 8.40. The van der Waals surface area contributed by atoms with Gasteiger partial charge in [-0.05, 0) is 74.4 Å². The van der Waals surface area contributed by atoms with Gasteiger partial charge < -0.3 is 20.4 Å². The zero-order valence-corrected chi connectivity index (χ0v) is 14.9. The lowest BCUT2D eigenvalue weighted by Crippen LogP contribution is -2.69. The second-order valence-corrected chi connectivity index (χ2v) is 6.55. The molecule has 4 N–H and O–H groups in total. The maximum Gasteiger partial charge on any atom is 0.123 e. The van der Waals surface area contributed by atoms with Crippen LogP contribution in [0.3, 0.4) is 0 Å². The lowest BCUT2D eigenvalue weighted by atomic mass is 9.80. The van der Waals surface area contributed by atoms with Gasteiger partial charge in [-0.15, -0.1) is 7.05 Å². The fourth-order valence-corrected chi connectivity index (χ4v) is 3.09. The minimum Gasteiger partial charge on any atom is -0.446 e. The smallest absolute Gasteiger partial charge is 0.123 e. The molecule has 2 aromatic carbocycles. The van der Waals surface area contributed by atoms with E-state index in [1.807, 2.05) is 32.3 Å². The van der Waals surface area contributed by atoms with Crippen molar-refractivity contribution < 1.29 is 19.9 Å². The first-order chi connectivity index (χ1) is 11.9. The lowest BCUT2D eigenvalue weighted by molar-refractivity contribution is -0.504. The Bertz CT molecular complexity index is 689. The van der Waals surface area contributed by atoms with E-state index < -0.39 is 5.60 Å². The van der Waals surface area contributed by atoms with Crippen LogP contribution in [0.15, 0.2) is 42.5 Å². The molecule has 2 aromatic rings. The zero-order chi connectivity index (χ0) is 18.4. The molecule has 0 aliphatic carbocycles. The number of nitrogens with two attached hydrogens (primary N) is 1. The highest BCUT2D eigenvalue weighted by molar-refractivity contribution is 5.46. The fraction of sp³-hybridized carbons (Fsp3) is 0.350. The van der Waals surface area contributed by atoms with Crippen LogP contribution in [0.4, 0.5) is 10.1 Å². The third-order valence-corrected chi connectivity index (χ3v) is 4.45. The first kappa shape index (κ1) is 19.5. The molecule has 0 aliphatic rings. The van der Waals surface area contributed by atoms with Crippen molar-refractivity contribution >= 4 is 5.69 Å². The minimum atomic E-state index is -1.29. The van der Waals surface area contributed by atoms with Gasteiger partial charge in [0, 0.05) is 6.07 Å². The molecule has 0 radical (unpaired) electrons. The van der Waals surface area contributed by atoms with Crippen molar-refractivity contribution in [1.29, 1.82) is 0 Å². The molecular formula is C20H27FN2O2. The van der Waals surface area contributed by atoms with Crippen LogP contribution in [0.1, 0.15) is 29.5 Å². The number of rotatable bonds is 8. The molecule has 25 heavy (non-hydrogen) atoms. The Morgan fingerprint density at radius 3 is 2.40 bits per heavy atom. The van der Waals surface area contributed by atoms with Gasteiger partial charge >= 0.3 is 0 Å². The molecule has 1 atom stereocenters. The van der Waals surface area contributed by atoms with Gasteiger partial charge in [-0.1, -0.05) is 12.1 Å². The van der Waals surface area contributed by atoms with Gasteiger partial charge in [0.25, 0.3) is 0 Å². The Morgan fingerprint density at radius 2 is 1.84 bits per heavy atom. The molecule has 0 amide bonds. The molecule has 0 saturated heterocycles. The van der Waals surface area contributed by atoms with Crippen LogP contribution in [0.2, 0.25) is 0 Å². The lowest BCUT2D eigenvalue weighted by Gasteiger charge is -2.32. The topological polar surface area (TPSA) is 60.3 Å². The number of hydrogen-bond acceptors (Lipinski definition) is 3. The molecule has 0 bridgehead atoms. The summed E-state index contributed by atoms with van der Waals surface area (Å²) in [5, 5.41) is 23.0. The van der Waals surface area contributed by atoms with E-state index in [1.54, 1.807) is 17.4 Å². The largest absolute Gasteiger partial charge is 0.446 e. The summed E-state index contributed by atoms with van der Waals surface area (Å²) in [6, 6.07) is 11.4. The van der Waals surface area contributed by atoms with E-state index in [4.69, 9.17) is 0 Å². The Kier molecular flexibility index (Phi) is 6.67. The minimum absolute atomic E-state index is 0.186. The van der Waals surface area contributed by atoms with Gasteiger partial charge in [-0.3, -0.25) is 0 Å². The van der Waals surface area contributed by atoms with E-state index in [9.17, 15) is 14.6 Å². The molecule has 0 heterocycles. The number of nitrogens with zero attached hydrogens (tertiary/aromatic N) is 1. The zero-order valence-electron chi connectivity index (χ0n) is 14.9. The highest BCUT2D eigenvalue weighted by Crippen LogP contribution is 2.37. The molecule has 0 aromatic heterocycles. The van der Waals surface area contributed by atoms with Crippen molar-refractivity contribution in [2.24, 2.45) is 0 Å². The number of aliphatic hydroxyl groups excluding tert-OH is 1. The molecule has 0 saturated carbocycles. The van der Waals surface area contributed by atoms with Gasteiger partial charge in [0.1, 0.15) is 17.1 Å². The molecule has 4 nitrogen and oxygen atoms in total. The number of aliphatic hydroxyl groups is 2. The Morgan fingerprint density at radius 1 is 1.16 bits per heavy atom. The van der Waals surface area contributed by atoms with E-state index in [-0.39, 0.29) is 12.4 Å². The molecular weight excluding hydrogens is 319 g/mol. The Hall–Kier alpha value is -1.79. The van der Waals surface area contributed by atoms with Gasteiger partial charge in [-0.25, -0.2) is 4.39 Å². The Labute approximate surface area is 148 Å². The van der Waals surface area contributed by atoms with Crippen molar-refractivity contribution in [3.05, 3.63) is 72.0 Å². The van der Waals surface area contributed by atoms with E-state index in [2.05, 4.69) is 11.9 Å². The molecule has 0 aliphatic heterocycles. The van der Waals surface area contributed by atoms with Crippen molar-refractivity contribution in [2.75, 3.05) is 20.6 Å². The number of hydrogen-bond donors (Lipinski definition) is 3. The van der Waals surface area contributed by atoms with Crippen molar-refractivity contribution in [3.63, 3.8) is 0 Å². The summed E-state index contributed by atoms with van der Waals surface area (Å²) in [6.45, 7) is 0.636. The van der Waals surface area contributed by atoms with Crippen LogP contribution in [0, 0.1) is 12.9 Å². The van der Waals surface area contributed by atoms with Crippen LogP contribution in [0.25, 0.3) is 0 Å². The number of quaternary nitrogens is 1. The average Bonchev–Trinajstić information content (AvgIpc) is 2.61. The summed E-state index contributed by atoms with van der Waals surface area (Å²) in [7, 11) is 7.71. The normalized spacial score (nSPS) is 13.9. The Balaban J connectivity index is 2.48. The van der Waals surface area contributed by atoms with E-state index in [0.29, 0.717) is 23.1 Å². The van der Waals surface area contributed by atoms with Crippen molar-refractivity contribution in [2.45, 2.75) is 25.0 Å². The van der Waals surface area contributed by atoms with Crippen LogP contribution in [-0.4, -0.2) is 35.8 Å². The van der Waals surface area contributed by atoms with Gasteiger partial charge in [0.15, 0.2) is 0 Å². The van der Waals surface area contributed by atoms with Crippen molar-refractivity contribution in [1.82, 2.24) is 4.90 Å². The predicted molar refractivity (Wildman–Crippen MR) is 96.5 cm³/mol. The third kappa shape index (κ3) is 4.64. The van der Waals surface area contributed by atoms with Crippen LogP contribution < -0.4 is 5.32 Å². The monoisotopic (exact) mass is 346 g/mol. The van der Waals surface area contributed by atoms with Gasteiger partial charge in [-0.2, -0.15) is 0 Å². The highest BCUT2D eigenvalue weighted by atomic mass is 19.1. The molecule has 5 heteroatoms. The van der Waals surface area contributed by atoms with E-state index in [0.717, 1.165) is 18.7 Å². The maximum atomic E-state index is 13.3. The fourth-order valence-electron chi connectivity index (χ4n) is 3.09. The average molecular weight is 346 g/mol. The summed E-state index contributed by atoms with van der Waals surface area (Å²) >= 11 is 0. The van der Waals surface area contributed by atoms with Crippen LogP contribution >= 0.6 is 0 Å². The summed E-state index contributed by atoms with van der Waals surface area (Å²) < 4.78 is 13.3. The molecule has 2 rings (SSSR count). The van der Waals surface area contributed by atoms with E-state index >= 15 is 0 Å². The molecule has 0 spiro atoms. The number of benzene rings is 2. The highest BCUT2D eigenvalue weighted by Gasteiger charge is 2.33. The molecule has 0 unspecified atom stereocenters. The summed E-state index contributed by atoms with van der Waals surface area (Å²) in [5.41, 5.74) is 1.50. The summed E-state index contributed by atoms with van der Waals surface area (Å²) in [6.07, 6.45) is 1.23. The first-order valence-corrected chi connectivity index (χ1v) is 8.40. The standard InChI is InChI=1S/C20H27FN2O2/c1-22-18-9-10-19(15(13-18)14-24)20(25,11-4-12-23(2)3)16-5-7-17(21)8-6-16/h5-10,13,24-25H,1,4,11-12,14,22H2,2-3H3/t20-/m0/s1. The second kappa shape index (κ2) is 8.54. The molecule has 136 valence electrons. The maximum absolute atomic E-state index is 13.3. The summed E-state index contributed by atoms with van der Waals surface area (Å²) in [4.78, 5) is 2.05. The predicted octanol–water partition coefficient (Wildman–Crippen LogP) is 1.88. The number of halogens is 1. The summed E-state index contributed by atoms with van der Waals surface area (Å²) in [5.74, 6) is -0.344. The quantitative estimate of drug-likeness (QED) is 0.505. The van der Waals surface area contributed by atoms with Crippen LogP contribution in [0.5, 0.6) is 0 Å². The van der Waals surface area contributed by atoms with Gasteiger partial charge in [0.05, 0.1) is 6.61 Å². The SMILES string of the molecule is [CH2-][NH2+]c1ccc([C@](O)(CCCN(C)C)c2ccc(F)cc2)c(CO)c1. The second-order valence-electron chi connectivity index (χ2n) is 6.55. The third-order valence-electron chi connectivity index (χ3n) is 4.45. The van der Waals surface area contributed by atoms with E-state index in [1.165, 1.54) is 12.1 Å².